The summed E-state index contributed by atoms with van der Waals surface area (Å²) in [5.74, 6) is -1.17. The summed E-state index contributed by atoms with van der Waals surface area (Å²) >= 11 is 0. The molecule has 0 amide bonds. The molecule has 94 valence electrons. The Labute approximate surface area is 102 Å². The van der Waals surface area contributed by atoms with E-state index >= 15 is 0 Å². The molecule has 18 heavy (non-hydrogen) atoms. The van der Waals surface area contributed by atoms with Crippen molar-refractivity contribution >= 4 is 0 Å². The molecule has 0 aliphatic carbocycles. The van der Waals surface area contributed by atoms with Crippen molar-refractivity contribution in [2.45, 2.75) is 25.2 Å². The van der Waals surface area contributed by atoms with Crippen LogP contribution in [0.15, 0.2) is 30.9 Å². The van der Waals surface area contributed by atoms with E-state index in [2.05, 4.69) is 10.1 Å². The van der Waals surface area contributed by atoms with Gasteiger partial charge in [-0.15, -0.1) is 0 Å². The number of rotatable bonds is 3. The molecule has 0 spiro atoms. The first kappa shape index (κ1) is 11.3. The minimum Gasteiger partial charge on any atom is -0.359 e. The van der Waals surface area contributed by atoms with Crippen molar-refractivity contribution in [3.05, 3.63) is 48.1 Å². The standard InChI is InChI=1S/C12H11F2N3O/c1-12(5-17-7-15-6-16-17)11(18-12)9-3-2-8(13)4-10(9)14/h2-4,6-7,11H,5H2,1H3. The second kappa shape index (κ2) is 3.84. The number of halogens is 2. The fourth-order valence-corrected chi connectivity index (χ4v) is 2.10. The predicted octanol–water partition coefficient (Wildman–Crippen LogP) is 2.09. The summed E-state index contributed by atoms with van der Waals surface area (Å²) in [6.07, 6.45) is 2.63. The zero-order chi connectivity index (χ0) is 12.8. The van der Waals surface area contributed by atoms with E-state index < -0.39 is 17.2 Å². The Balaban J connectivity index is 1.80. The van der Waals surface area contributed by atoms with Crippen LogP contribution in [0.2, 0.25) is 0 Å². The lowest BCUT2D eigenvalue weighted by atomic mass is 10.0. The van der Waals surface area contributed by atoms with Gasteiger partial charge >= 0.3 is 0 Å². The molecular formula is C12H11F2N3O. The van der Waals surface area contributed by atoms with Crippen LogP contribution in [0.1, 0.15) is 18.6 Å². The zero-order valence-corrected chi connectivity index (χ0v) is 9.68. The van der Waals surface area contributed by atoms with Crippen LogP contribution in [0.4, 0.5) is 8.78 Å². The number of aromatic nitrogens is 3. The number of hydrogen-bond acceptors (Lipinski definition) is 3. The molecule has 1 fully saturated rings. The van der Waals surface area contributed by atoms with Crippen LogP contribution in [0, 0.1) is 11.6 Å². The summed E-state index contributed by atoms with van der Waals surface area (Å²) in [6.45, 7) is 2.34. The van der Waals surface area contributed by atoms with E-state index in [0.717, 1.165) is 6.07 Å². The molecule has 2 heterocycles. The second-order valence-electron chi connectivity index (χ2n) is 4.57. The van der Waals surface area contributed by atoms with Crippen LogP contribution in [-0.2, 0) is 11.3 Å². The third-order valence-corrected chi connectivity index (χ3v) is 3.07. The van der Waals surface area contributed by atoms with E-state index in [9.17, 15) is 8.78 Å². The van der Waals surface area contributed by atoms with Gasteiger partial charge in [0.05, 0.1) is 6.54 Å². The first-order chi connectivity index (χ1) is 8.58. The third-order valence-electron chi connectivity index (χ3n) is 3.07. The van der Waals surface area contributed by atoms with Crippen LogP contribution < -0.4 is 0 Å². The predicted molar refractivity (Wildman–Crippen MR) is 58.6 cm³/mol. The number of epoxide rings is 1. The highest BCUT2D eigenvalue weighted by Crippen LogP contribution is 2.50. The highest BCUT2D eigenvalue weighted by molar-refractivity contribution is 5.27. The number of nitrogens with zero attached hydrogens (tertiary/aromatic N) is 3. The molecule has 0 bridgehead atoms. The van der Waals surface area contributed by atoms with Gasteiger partial charge in [0.1, 0.15) is 36.0 Å². The highest BCUT2D eigenvalue weighted by atomic mass is 19.1. The van der Waals surface area contributed by atoms with Gasteiger partial charge in [-0.3, -0.25) is 0 Å². The van der Waals surface area contributed by atoms with Crippen LogP contribution in [0.25, 0.3) is 0 Å². The van der Waals surface area contributed by atoms with Crippen LogP contribution >= 0.6 is 0 Å². The van der Waals surface area contributed by atoms with Gasteiger partial charge in [-0.1, -0.05) is 6.07 Å². The van der Waals surface area contributed by atoms with E-state index in [1.165, 1.54) is 18.5 Å². The van der Waals surface area contributed by atoms with Crippen molar-refractivity contribution in [2.24, 2.45) is 0 Å². The minimum atomic E-state index is -0.588. The van der Waals surface area contributed by atoms with E-state index in [1.807, 2.05) is 6.92 Å². The van der Waals surface area contributed by atoms with E-state index in [-0.39, 0.29) is 6.10 Å². The summed E-state index contributed by atoms with van der Waals surface area (Å²) in [7, 11) is 0. The molecule has 1 saturated heterocycles. The molecular weight excluding hydrogens is 240 g/mol. The Kier molecular flexibility index (Phi) is 2.41. The molecule has 1 aromatic heterocycles. The molecule has 3 rings (SSSR count). The average molecular weight is 251 g/mol. The molecule has 6 heteroatoms. The van der Waals surface area contributed by atoms with Crippen molar-refractivity contribution in [2.75, 3.05) is 0 Å². The maximum atomic E-state index is 13.6. The van der Waals surface area contributed by atoms with Crippen LogP contribution in [-0.4, -0.2) is 20.4 Å². The lowest BCUT2D eigenvalue weighted by molar-refractivity contribution is 0.276. The SMILES string of the molecule is CC1(Cn2cncn2)OC1c1ccc(F)cc1F. The lowest BCUT2D eigenvalue weighted by Gasteiger charge is -2.06. The highest BCUT2D eigenvalue weighted by Gasteiger charge is 2.54. The first-order valence-electron chi connectivity index (χ1n) is 5.54. The lowest BCUT2D eigenvalue weighted by Crippen LogP contribution is -2.17. The Morgan fingerprint density at radius 1 is 1.44 bits per heavy atom. The van der Waals surface area contributed by atoms with E-state index in [1.54, 1.807) is 11.0 Å². The van der Waals surface area contributed by atoms with E-state index in [0.29, 0.717) is 12.1 Å². The van der Waals surface area contributed by atoms with Gasteiger partial charge in [0.25, 0.3) is 0 Å². The Morgan fingerprint density at radius 3 is 2.94 bits per heavy atom. The molecule has 0 N–H and O–H groups in total. The van der Waals surface area contributed by atoms with E-state index in [4.69, 9.17) is 4.74 Å². The van der Waals surface area contributed by atoms with Gasteiger partial charge < -0.3 is 4.74 Å². The van der Waals surface area contributed by atoms with Gasteiger partial charge in [0, 0.05) is 11.6 Å². The molecule has 2 atom stereocenters. The molecule has 4 nitrogen and oxygen atoms in total. The maximum Gasteiger partial charge on any atom is 0.137 e. The molecule has 0 radical (unpaired) electrons. The Hall–Kier alpha value is -1.82. The third kappa shape index (κ3) is 1.88. The fraction of sp³-hybridized carbons (Fsp3) is 0.333. The molecule has 2 aromatic rings. The normalized spacial score (nSPS) is 26.3. The zero-order valence-electron chi connectivity index (χ0n) is 9.68. The average Bonchev–Trinajstić information content (AvgIpc) is 2.74. The van der Waals surface area contributed by atoms with Gasteiger partial charge in [0.15, 0.2) is 0 Å². The Morgan fingerprint density at radius 2 is 2.28 bits per heavy atom. The number of hydrogen-bond donors (Lipinski definition) is 0. The summed E-state index contributed by atoms with van der Waals surface area (Å²) in [4.78, 5) is 3.83. The summed E-state index contributed by atoms with van der Waals surface area (Å²) < 4.78 is 33.6. The summed E-state index contributed by atoms with van der Waals surface area (Å²) in [5.41, 5.74) is -0.147. The van der Waals surface area contributed by atoms with Crippen LogP contribution in [0.5, 0.6) is 0 Å². The van der Waals surface area contributed by atoms with Crippen LogP contribution in [0.3, 0.4) is 0 Å². The number of benzene rings is 1. The maximum absolute atomic E-state index is 13.6. The minimum absolute atomic E-state index is 0.373. The Bertz CT molecular complexity index is 573. The summed E-state index contributed by atoms with van der Waals surface area (Å²) in [5, 5.41) is 3.98. The van der Waals surface area contributed by atoms with Crippen molar-refractivity contribution in [1.82, 2.24) is 14.8 Å². The molecule has 1 aliphatic rings. The van der Waals surface area contributed by atoms with Gasteiger partial charge in [-0.25, -0.2) is 18.4 Å². The van der Waals surface area contributed by atoms with Crippen molar-refractivity contribution in [1.29, 1.82) is 0 Å². The molecule has 0 saturated carbocycles. The van der Waals surface area contributed by atoms with Gasteiger partial charge in [0.2, 0.25) is 0 Å². The monoisotopic (exact) mass is 251 g/mol. The molecule has 1 aliphatic heterocycles. The first-order valence-corrected chi connectivity index (χ1v) is 5.54. The summed E-state index contributed by atoms with van der Waals surface area (Å²) in [6, 6.07) is 3.52. The smallest absolute Gasteiger partial charge is 0.137 e. The van der Waals surface area contributed by atoms with Gasteiger partial charge in [-0.05, 0) is 13.0 Å². The largest absolute Gasteiger partial charge is 0.359 e. The van der Waals surface area contributed by atoms with Crippen molar-refractivity contribution in [3.8, 4) is 0 Å². The second-order valence-corrected chi connectivity index (χ2v) is 4.57. The topological polar surface area (TPSA) is 43.2 Å². The van der Waals surface area contributed by atoms with Crippen molar-refractivity contribution < 1.29 is 13.5 Å². The van der Waals surface area contributed by atoms with Crippen molar-refractivity contribution in [3.63, 3.8) is 0 Å². The fourth-order valence-electron chi connectivity index (χ4n) is 2.10. The molecule has 2 unspecified atom stereocenters. The number of ether oxygens (including phenoxy) is 1. The van der Waals surface area contributed by atoms with Gasteiger partial charge in [-0.2, -0.15) is 5.10 Å². The molecule has 1 aromatic carbocycles. The quantitative estimate of drug-likeness (QED) is 0.784.